The molecule has 1 aromatic heterocycles. The number of rotatable bonds is 1. The number of hydrogen-bond acceptors (Lipinski definition) is 2. The number of aliphatic hydroxyl groups excluding tert-OH is 1. The molecule has 0 saturated carbocycles. The summed E-state index contributed by atoms with van der Waals surface area (Å²) in [7, 11) is 0. The smallest absolute Gasteiger partial charge is 0.179 e. The van der Waals surface area contributed by atoms with Crippen LogP contribution in [0.3, 0.4) is 0 Å². The largest absolute Gasteiger partial charge is 0.376 e. The standard InChI is InChI=1S/C9H9N2O/c1-7-3-2-4-8-9(7)10-5-11(8)6-12/h2-4,12H,6H2,1H3. The highest BCUT2D eigenvalue weighted by Gasteiger charge is 2.02. The lowest BCUT2D eigenvalue weighted by molar-refractivity contribution is 0.214. The first-order valence-electron chi connectivity index (χ1n) is 3.77. The highest BCUT2D eigenvalue weighted by molar-refractivity contribution is 5.78. The molecule has 0 aliphatic heterocycles. The quantitative estimate of drug-likeness (QED) is 0.680. The minimum atomic E-state index is -0.0695. The molecule has 61 valence electrons. The van der Waals surface area contributed by atoms with Crippen LogP contribution in [0.25, 0.3) is 11.0 Å². The molecule has 3 heteroatoms. The van der Waals surface area contributed by atoms with Crippen molar-refractivity contribution in [1.29, 1.82) is 0 Å². The molecule has 0 saturated heterocycles. The molecule has 0 aliphatic carbocycles. The van der Waals surface area contributed by atoms with E-state index in [2.05, 4.69) is 11.3 Å². The van der Waals surface area contributed by atoms with Gasteiger partial charge in [0, 0.05) is 0 Å². The molecular weight excluding hydrogens is 152 g/mol. The van der Waals surface area contributed by atoms with Crippen LogP contribution in [0.1, 0.15) is 5.56 Å². The summed E-state index contributed by atoms with van der Waals surface area (Å²) in [5.41, 5.74) is 2.94. The number of aryl methyl sites for hydroxylation is 1. The van der Waals surface area contributed by atoms with Gasteiger partial charge in [-0.2, -0.15) is 0 Å². The molecule has 0 bridgehead atoms. The Morgan fingerprint density at radius 2 is 2.42 bits per heavy atom. The summed E-state index contributed by atoms with van der Waals surface area (Å²) in [4.78, 5) is 4.07. The predicted octanol–water partition coefficient (Wildman–Crippen LogP) is 1.09. The van der Waals surface area contributed by atoms with Gasteiger partial charge in [-0.15, -0.1) is 0 Å². The number of benzene rings is 1. The lowest BCUT2D eigenvalue weighted by Gasteiger charge is -1.97. The van der Waals surface area contributed by atoms with E-state index in [1.165, 1.54) is 0 Å². The van der Waals surface area contributed by atoms with Crippen LogP contribution in [0.2, 0.25) is 0 Å². The molecule has 0 aliphatic rings. The zero-order chi connectivity index (χ0) is 8.55. The van der Waals surface area contributed by atoms with Gasteiger partial charge in [-0.25, -0.2) is 4.98 Å². The summed E-state index contributed by atoms with van der Waals surface area (Å²) in [6, 6.07) is 5.85. The molecule has 1 radical (unpaired) electrons. The highest BCUT2D eigenvalue weighted by Crippen LogP contribution is 2.15. The number of aliphatic hydroxyl groups is 1. The van der Waals surface area contributed by atoms with E-state index in [-0.39, 0.29) is 6.73 Å². The second kappa shape index (κ2) is 2.60. The predicted molar refractivity (Wildman–Crippen MR) is 45.5 cm³/mol. The van der Waals surface area contributed by atoms with Crippen molar-refractivity contribution in [2.75, 3.05) is 0 Å². The van der Waals surface area contributed by atoms with Crippen LogP contribution in [0.15, 0.2) is 18.2 Å². The Balaban J connectivity index is 2.80. The normalized spacial score (nSPS) is 10.8. The topological polar surface area (TPSA) is 38.0 Å². The fourth-order valence-electron chi connectivity index (χ4n) is 1.28. The van der Waals surface area contributed by atoms with Crippen molar-refractivity contribution in [2.24, 2.45) is 0 Å². The van der Waals surface area contributed by atoms with E-state index in [1.54, 1.807) is 4.57 Å². The van der Waals surface area contributed by atoms with Gasteiger partial charge in [-0.1, -0.05) is 12.1 Å². The Labute approximate surface area is 70.3 Å². The molecule has 2 rings (SSSR count). The molecule has 0 atom stereocenters. The number of aromatic nitrogens is 2. The monoisotopic (exact) mass is 161 g/mol. The van der Waals surface area contributed by atoms with Gasteiger partial charge in [0.05, 0.1) is 11.0 Å². The average Bonchev–Trinajstić information content (AvgIpc) is 2.49. The Morgan fingerprint density at radius 3 is 3.17 bits per heavy atom. The highest BCUT2D eigenvalue weighted by atomic mass is 16.3. The first-order chi connectivity index (χ1) is 5.83. The summed E-state index contributed by atoms with van der Waals surface area (Å²) in [5.74, 6) is 0. The van der Waals surface area contributed by atoms with Gasteiger partial charge in [-0.05, 0) is 18.6 Å². The zero-order valence-electron chi connectivity index (χ0n) is 6.78. The molecule has 2 aromatic rings. The van der Waals surface area contributed by atoms with Crippen molar-refractivity contribution in [3.63, 3.8) is 0 Å². The summed E-state index contributed by atoms with van der Waals surface area (Å²) in [6.07, 6.45) is 2.72. The van der Waals surface area contributed by atoms with Gasteiger partial charge in [0.2, 0.25) is 0 Å². The maximum atomic E-state index is 8.91. The molecule has 0 fully saturated rings. The third-order valence-electron chi connectivity index (χ3n) is 1.93. The second-order valence-electron chi connectivity index (χ2n) is 2.72. The zero-order valence-corrected chi connectivity index (χ0v) is 6.78. The van der Waals surface area contributed by atoms with Crippen molar-refractivity contribution < 1.29 is 5.11 Å². The third kappa shape index (κ3) is 0.905. The van der Waals surface area contributed by atoms with Crippen LogP contribution in [-0.2, 0) is 6.73 Å². The summed E-state index contributed by atoms with van der Waals surface area (Å²) < 4.78 is 1.59. The molecule has 0 amide bonds. The first-order valence-corrected chi connectivity index (χ1v) is 3.77. The van der Waals surface area contributed by atoms with E-state index in [0.717, 1.165) is 16.6 Å². The number of hydrogen-bond donors (Lipinski definition) is 1. The molecular formula is C9H9N2O. The van der Waals surface area contributed by atoms with Crippen LogP contribution in [0.4, 0.5) is 0 Å². The fraction of sp³-hybridized carbons (Fsp3) is 0.222. The minimum absolute atomic E-state index is 0.0695. The molecule has 1 heterocycles. The number of nitrogens with zero attached hydrogens (tertiary/aromatic N) is 2. The van der Waals surface area contributed by atoms with E-state index < -0.39 is 0 Å². The maximum absolute atomic E-state index is 8.91. The second-order valence-corrected chi connectivity index (χ2v) is 2.72. The van der Waals surface area contributed by atoms with Crippen molar-refractivity contribution >= 4 is 11.0 Å². The van der Waals surface area contributed by atoms with Crippen molar-refractivity contribution in [3.05, 3.63) is 30.1 Å². The lowest BCUT2D eigenvalue weighted by Crippen LogP contribution is -1.93. The van der Waals surface area contributed by atoms with Crippen LogP contribution in [-0.4, -0.2) is 14.7 Å². The van der Waals surface area contributed by atoms with Crippen molar-refractivity contribution in [1.82, 2.24) is 9.55 Å². The Hall–Kier alpha value is -1.35. The van der Waals surface area contributed by atoms with Crippen LogP contribution in [0, 0.1) is 13.3 Å². The van der Waals surface area contributed by atoms with E-state index in [9.17, 15) is 0 Å². The van der Waals surface area contributed by atoms with E-state index in [0.29, 0.717) is 0 Å². The molecule has 0 spiro atoms. The number of imidazole rings is 1. The summed E-state index contributed by atoms with van der Waals surface area (Å²) >= 11 is 0. The molecule has 0 unspecified atom stereocenters. The van der Waals surface area contributed by atoms with Gasteiger partial charge in [0.15, 0.2) is 6.33 Å². The average molecular weight is 161 g/mol. The molecule has 12 heavy (non-hydrogen) atoms. The van der Waals surface area contributed by atoms with Crippen molar-refractivity contribution in [3.8, 4) is 0 Å². The number of para-hydroxylation sites is 1. The Kier molecular flexibility index (Phi) is 1.59. The fourth-order valence-corrected chi connectivity index (χ4v) is 1.28. The molecule has 3 nitrogen and oxygen atoms in total. The van der Waals surface area contributed by atoms with Gasteiger partial charge < -0.3 is 5.11 Å². The third-order valence-corrected chi connectivity index (χ3v) is 1.93. The first kappa shape index (κ1) is 7.31. The van der Waals surface area contributed by atoms with Gasteiger partial charge in [-0.3, -0.25) is 4.57 Å². The van der Waals surface area contributed by atoms with Gasteiger partial charge in [0.1, 0.15) is 6.73 Å². The van der Waals surface area contributed by atoms with Crippen LogP contribution in [0.5, 0.6) is 0 Å². The number of fused-ring (bicyclic) bond motifs is 1. The van der Waals surface area contributed by atoms with E-state index in [1.807, 2.05) is 25.1 Å². The molecule has 1 N–H and O–H groups in total. The maximum Gasteiger partial charge on any atom is 0.179 e. The Bertz CT molecular complexity index is 406. The summed E-state index contributed by atoms with van der Waals surface area (Å²) in [6.45, 7) is 1.92. The van der Waals surface area contributed by atoms with Crippen LogP contribution < -0.4 is 0 Å². The van der Waals surface area contributed by atoms with Gasteiger partial charge in [0.25, 0.3) is 0 Å². The van der Waals surface area contributed by atoms with E-state index >= 15 is 0 Å². The van der Waals surface area contributed by atoms with Crippen LogP contribution >= 0.6 is 0 Å². The van der Waals surface area contributed by atoms with Gasteiger partial charge >= 0.3 is 0 Å². The van der Waals surface area contributed by atoms with Crippen molar-refractivity contribution in [2.45, 2.75) is 13.7 Å². The van der Waals surface area contributed by atoms with E-state index in [4.69, 9.17) is 5.11 Å². The Morgan fingerprint density at radius 1 is 1.58 bits per heavy atom. The summed E-state index contributed by atoms with van der Waals surface area (Å²) in [5, 5.41) is 8.91. The minimum Gasteiger partial charge on any atom is -0.376 e. The SMILES string of the molecule is Cc1cccc2c1n[c]n2CO. The molecule has 1 aromatic carbocycles. The lowest BCUT2D eigenvalue weighted by atomic mass is 10.2.